The van der Waals surface area contributed by atoms with Crippen LogP contribution in [0.5, 0.6) is 5.75 Å². The van der Waals surface area contributed by atoms with Gasteiger partial charge in [-0.1, -0.05) is 25.4 Å². The van der Waals surface area contributed by atoms with Gasteiger partial charge in [0.25, 0.3) is 0 Å². The average Bonchev–Trinajstić information content (AvgIpc) is 2.69. The number of rotatable bonds is 4. The number of aromatic nitrogens is 2. The van der Waals surface area contributed by atoms with Gasteiger partial charge in [-0.25, -0.2) is 4.68 Å². The molecule has 0 saturated carbocycles. The van der Waals surface area contributed by atoms with E-state index in [-0.39, 0.29) is 0 Å². The highest BCUT2D eigenvalue weighted by atomic mass is 35.5. The Morgan fingerprint density at radius 3 is 2.74 bits per heavy atom. The largest absolute Gasteiger partial charge is 0.494 e. The summed E-state index contributed by atoms with van der Waals surface area (Å²) in [5.41, 5.74) is 7.74. The van der Waals surface area contributed by atoms with Gasteiger partial charge in [-0.3, -0.25) is 0 Å². The normalized spacial score (nSPS) is 11.0. The zero-order valence-electron chi connectivity index (χ0n) is 11.4. The van der Waals surface area contributed by atoms with Gasteiger partial charge >= 0.3 is 0 Å². The van der Waals surface area contributed by atoms with E-state index in [0.29, 0.717) is 22.5 Å². The Bertz CT molecular complexity index is 578. The molecule has 0 aliphatic heterocycles. The predicted octanol–water partition coefficient (Wildman–Crippen LogP) is 3.32. The molecule has 0 amide bonds. The molecule has 0 spiro atoms. The highest BCUT2D eigenvalue weighted by Crippen LogP contribution is 2.28. The second kappa shape index (κ2) is 5.53. The summed E-state index contributed by atoms with van der Waals surface area (Å²) < 4.78 is 6.99. The van der Waals surface area contributed by atoms with Gasteiger partial charge in [-0.2, -0.15) is 5.10 Å². The first-order valence-electron chi connectivity index (χ1n) is 6.19. The lowest BCUT2D eigenvalue weighted by molar-refractivity contribution is 0.412. The van der Waals surface area contributed by atoms with Gasteiger partial charge in [0.2, 0.25) is 0 Å². The standard InChI is InChI=1S/C14H18ClN3O/c1-9(2)6-11-8-14(16)18(17-11)12-7-10(15)4-5-13(12)19-3/h4-5,7-9H,6,16H2,1-3H3. The van der Waals surface area contributed by atoms with Crippen LogP contribution in [0.15, 0.2) is 24.3 Å². The first-order valence-corrected chi connectivity index (χ1v) is 6.57. The number of ether oxygens (including phenoxy) is 1. The molecule has 4 nitrogen and oxygen atoms in total. The molecule has 1 heterocycles. The first-order chi connectivity index (χ1) is 9.01. The van der Waals surface area contributed by atoms with E-state index in [4.69, 9.17) is 22.1 Å². The third-order valence-corrected chi connectivity index (χ3v) is 3.01. The lowest BCUT2D eigenvalue weighted by Gasteiger charge is -2.10. The summed E-state index contributed by atoms with van der Waals surface area (Å²) in [6.07, 6.45) is 0.889. The number of halogens is 1. The van der Waals surface area contributed by atoms with Gasteiger partial charge in [0, 0.05) is 11.1 Å². The number of benzene rings is 1. The monoisotopic (exact) mass is 279 g/mol. The highest BCUT2D eigenvalue weighted by Gasteiger charge is 2.12. The molecule has 0 aliphatic carbocycles. The molecule has 1 aromatic heterocycles. The van der Waals surface area contributed by atoms with E-state index < -0.39 is 0 Å². The van der Waals surface area contributed by atoms with Gasteiger partial charge in [-0.15, -0.1) is 0 Å². The number of hydrogen-bond acceptors (Lipinski definition) is 3. The van der Waals surface area contributed by atoms with E-state index in [1.165, 1.54) is 0 Å². The molecule has 5 heteroatoms. The quantitative estimate of drug-likeness (QED) is 0.934. The minimum Gasteiger partial charge on any atom is -0.494 e. The van der Waals surface area contributed by atoms with Crippen LogP contribution in [0.2, 0.25) is 5.02 Å². The Morgan fingerprint density at radius 2 is 2.11 bits per heavy atom. The molecule has 0 atom stereocenters. The number of methoxy groups -OCH3 is 1. The number of nitrogen functional groups attached to an aromatic ring is 1. The molecule has 2 rings (SSSR count). The summed E-state index contributed by atoms with van der Waals surface area (Å²) in [6, 6.07) is 7.27. The van der Waals surface area contributed by atoms with Crippen LogP contribution >= 0.6 is 11.6 Å². The molecule has 102 valence electrons. The Balaban J connectivity index is 2.46. The summed E-state index contributed by atoms with van der Waals surface area (Å²) in [5, 5.41) is 5.14. The lowest BCUT2D eigenvalue weighted by Crippen LogP contribution is -2.04. The fourth-order valence-corrected chi connectivity index (χ4v) is 2.15. The molecule has 2 aromatic rings. The lowest BCUT2D eigenvalue weighted by atomic mass is 10.1. The molecule has 1 aromatic carbocycles. The van der Waals surface area contributed by atoms with Crippen molar-refractivity contribution in [3.63, 3.8) is 0 Å². The minimum absolute atomic E-state index is 0.531. The topological polar surface area (TPSA) is 53.1 Å². The number of hydrogen-bond donors (Lipinski definition) is 1. The molecular formula is C14H18ClN3O. The predicted molar refractivity (Wildman–Crippen MR) is 78.1 cm³/mol. The van der Waals surface area contributed by atoms with Crippen LogP contribution in [0.25, 0.3) is 5.69 Å². The Labute approximate surface area is 118 Å². The summed E-state index contributed by atoms with van der Waals surface area (Å²) in [5.74, 6) is 1.80. The third-order valence-electron chi connectivity index (χ3n) is 2.77. The SMILES string of the molecule is COc1ccc(Cl)cc1-n1nc(CC(C)C)cc1N. The summed E-state index contributed by atoms with van der Waals surface area (Å²) in [6.45, 7) is 4.30. The molecule has 0 bridgehead atoms. The van der Waals surface area contributed by atoms with Crippen molar-refractivity contribution in [2.24, 2.45) is 5.92 Å². The van der Waals surface area contributed by atoms with Crippen LogP contribution in [-0.2, 0) is 6.42 Å². The Morgan fingerprint density at radius 1 is 1.37 bits per heavy atom. The zero-order valence-corrected chi connectivity index (χ0v) is 12.1. The van der Waals surface area contributed by atoms with Crippen molar-refractivity contribution in [2.45, 2.75) is 20.3 Å². The van der Waals surface area contributed by atoms with E-state index in [9.17, 15) is 0 Å². The molecule has 0 saturated heterocycles. The minimum atomic E-state index is 0.531. The van der Waals surface area contributed by atoms with E-state index in [2.05, 4.69) is 18.9 Å². The van der Waals surface area contributed by atoms with Crippen molar-refractivity contribution in [2.75, 3.05) is 12.8 Å². The van der Waals surface area contributed by atoms with Gasteiger partial charge in [0.15, 0.2) is 0 Å². The first kappa shape index (κ1) is 13.7. The van der Waals surface area contributed by atoms with Crippen LogP contribution in [0.3, 0.4) is 0 Å². The van der Waals surface area contributed by atoms with E-state index >= 15 is 0 Å². The molecule has 0 unspecified atom stereocenters. The van der Waals surface area contributed by atoms with Crippen LogP contribution in [-0.4, -0.2) is 16.9 Å². The highest BCUT2D eigenvalue weighted by molar-refractivity contribution is 6.30. The van der Waals surface area contributed by atoms with Crippen LogP contribution < -0.4 is 10.5 Å². The summed E-state index contributed by atoms with van der Waals surface area (Å²) >= 11 is 6.03. The smallest absolute Gasteiger partial charge is 0.144 e. The van der Waals surface area contributed by atoms with E-state index in [1.54, 1.807) is 30.0 Å². The molecule has 0 radical (unpaired) electrons. The number of anilines is 1. The maximum Gasteiger partial charge on any atom is 0.144 e. The maximum absolute atomic E-state index is 6.03. The van der Waals surface area contributed by atoms with Crippen molar-refractivity contribution >= 4 is 17.4 Å². The summed E-state index contributed by atoms with van der Waals surface area (Å²) in [4.78, 5) is 0. The fourth-order valence-electron chi connectivity index (χ4n) is 1.99. The Hall–Kier alpha value is -1.68. The molecule has 19 heavy (non-hydrogen) atoms. The van der Waals surface area contributed by atoms with E-state index in [1.807, 2.05) is 6.07 Å². The molecule has 2 N–H and O–H groups in total. The van der Waals surface area contributed by atoms with Crippen LogP contribution in [0.1, 0.15) is 19.5 Å². The Kier molecular flexibility index (Phi) is 4.00. The van der Waals surface area contributed by atoms with Gasteiger partial charge in [0.05, 0.1) is 12.8 Å². The van der Waals surface area contributed by atoms with Crippen molar-refractivity contribution in [3.05, 3.63) is 35.0 Å². The number of nitrogens with zero attached hydrogens (tertiary/aromatic N) is 2. The number of nitrogens with two attached hydrogens (primary N) is 1. The second-order valence-corrected chi connectivity index (χ2v) is 5.32. The van der Waals surface area contributed by atoms with Gasteiger partial charge in [0.1, 0.15) is 17.3 Å². The van der Waals surface area contributed by atoms with Crippen molar-refractivity contribution in [1.82, 2.24) is 9.78 Å². The maximum atomic E-state index is 6.03. The molecule has 0 aliphatic rings. The van der Waals surface area contributed by atoms with Crippen molar-refractivity contribution in [1.29, 1.82) is 0 Å². The van der Waals surface area contributed by atoms with Crippen molar-refractivity contribution < 1.29 is 4.74 Å². The zero-order chi connectivity index (χ0) is 14.0. The molecule has 0 fully saturated rings. The second-order valence-electron chi connectivity index (χ2n) is 4.89. The van der Waals surface area contributed by atoms with E-state index in [0.717, 1.165) is 17.8 Å². The third kappa shape index (κ3) is 3.01. The van der Waals surface area contributed by atoms with Gasteiger partial charge < -0.3 is 10.5 Å². The van der Waals surface area contributed by atoms with Gasteiger partial charge in [-0.05, 0) is 30.5 Å². The molecular weight excluding hydrogens is 262 g/mol. The van der Waals surface area contributed by atoms with Crippen molar-refractivity contribution in [3.8, 4) is 11.4 Å². The average molecular weight is 280 g/mol. The summed E-state index contributed by atoms with van der Waals surface area (Å²) in [7, 11) is 1.61. The van der Waals surface area contributed by atoms with Crippen LogP contribution in [0, 0.1) is 5.92 Å². The fraction of sp³-hybridized carbons (Fsp3) is 0.357. The van der Waals surface area contributed by atoms with Crippen LogP contribution in [0.4, 0.5) is 5.82 Å².